The maximum Gasteiger partial charge on any atom is 0.225 e. The number of nitrogens with zero attached hydrogens (tertiary/aromatic N) is 2. The Morgan fingerprint density at radius 1 is 1.11 bits per heavy atom. The molecule has 0 unspecified atom stereocenters. The van der Waals surface area contributed by atoms with Gasteiger partial charge < -0.3 is 15.1 Å². The minimum atomic E-state index is 0.296. The molecule has 0 aromatic carbocycles. The fourth-order valence-corrected chi connectivity index (χ4v) is 3.30. The van der Waals surface area contributed by atoms with Gasteiger partial charge in [-0.05, 0) is 71.8 Å². The molecule has 2 rings (SSSR count). The Morgan fingerprint density at radius 2 is 1.74 bits per heavy atom. The Bertz CT molecular complexity index is 279. The van der Waals surface area contributed by atoms with Gasteiger partial charge in [0.25, 0.3) is 0 Å². The van der Waals surface area contributed by atoms with Crippen LogP contribution in [0.25, 0.3) is 0 Å². The zero-order chi connectivity index (χ0) is 13.7. The highest BCUT2D eigenvalue weighted by atomic mass is 16.2. The van der Waals surface area contributed by atoms with Crippen molar-refractivity contribution in [3.05, 3.63) is 0 Å². The van der Waals surface area contributed by atoms with E-state index in [1.165, 1.54) is 19.3 Å². The number of piperidine rings is 2. The summed E-state index contributed by atoms with van der Waals surface area (Å²) < 4.78 is 0. The Hall–Kier alpha value is -0.610. The second-order valence-corrected chi connectivity index (χ2v) is 6.24. The van der Waals surface area contributed by atoms with Crippen molar-refractivity contribution < 1.29 is 4.79 Å². The van der Waals surface area contributed by atoms with Gasteiger partial charge in [0.1, 0.15) is 0 Å². The predicted molar refractivity (Wildman–Crippen MR) is 78.1 cm³/mol. The van der Waals surface area contributed by atoms with Crippen LogP contribution in [0.2, 0.25) is 0 Å². The lowest BCUT2D eigenvalue weighted by molar-refractivity contribution is -0.138. The van der Waals surface area contributed by atoms with E-state index in [9.17, 15) is 4.79 Å². The first-order valence-electron chi connectivity index (χ1n) is 7.82. The Labute approximate surface area is 117 Å². The quantitative estimate of drug-likeness (QED) is 0.831. The fraction of sp³-hybridized carbons (Fsp3) is 0.933. The second kappa shape index (κ2) is 7.25. The van der Waals surface area contributed by atoms with Crippen LogP contribution in [-0.2, 0) is 4.79 Å². The summed E-state index contributed by atoms with van der Waals surface area (Å²) in [7, 11) is 4.16. The van der Waals surface area contributed by atoms with Gasteiger partial charge in [-0.2, -0.15) is 0 Å². The third kappa shape index (κ3) is 4.18. The predicted octanol–water partition coefficient (Wildman–Crippen LogP) is 1.18. The van der Waals surface area contributed by atoms with Crippen LogP contribution in [0.4, 0.5) is 0 Å². The minimum Gasteiger partial charge on any atom is -0.342 e. The van der Waals surface area contributed by atoms with Crippen LogP contribution in [-0.4, -0.2) is 62.5 Å². The zero-order valence-corrected chi connectivity index (χ0v) is 12.5. The standard InChI is InChI=1S/C15H29N3O/c1-16-8-3-13-4-11-18(12-5-13)15(19)14-6-9-17(2)10-7-14/h13-14,16H,3-12H2,1-2H3. The van der Waals surface area contributed by atoms with E-state index >= 15 is 0 Å². The molecule has 0 aliphatic carbocycles. The summed E-state index contributed by atoms with van der Waals surface area (Å²) in [6.07, 6.45) is 5.75. The molecule has 2 fully saturated rings. The Kier molecular flexibility index (Phi) is 5.64. The van der Waals surface area contributed by atoms with Gasteiger partial charge in [-0.25, -0.2) is 0 Å². The fourth-order valence-electron chi connectivity index (χ4n) is 3.30. The number of hydrogen-bond donors (Lipinski definition) is 1. The van der Waals surface area contributed by atoms with Gasteiger partial charge in [0, 0.05) is 19.0 Å². The van der Waals surface area contributed by atoms with E-state index in [1.807, 2.05) is 7.05 Å². The topological polar surface area (TPSA) is 35.6 Å². The lowest BCUT2D eigenvalue weighted by atomic mass is 9.91. The van der Waals surface area contributed by atoms with Crippen LogP contribution in [0.1, 0.15) is 32.1 Å². The van der Waals surface area contributed by atoms with Gasteiger partial charge in [0.2, 0.25) is 5.91 Å². The highest BCUT2D eigenvalue weighted by Crippen LogP contribution is 2.24. The van der Waals surface area contributed by atoms with E-state index in [0.717, 1.165) is 51.5 Å². The summed E-state index contributed by atoms with van der Waals surface area (Å²) in [6.45, 7) is 5.23. The molecule has 2 aliphatic rings. The summed E-state index contributed by atoms with van der Waals surface area (Å²) in [6, 6.07) is 0. The molecule has 2 heterocycles. The van der Waals surface area contributed by atoms with Gasteiger partial charge in [-0.15, -0.1) is 0 Å². The zero-order valence-electron chi connectivity index (χ0n) is 12.5. The van der Waals surface area contributed by atoms with Crippen molar-refractivity contribution in [3.63, 3.8) is 0 Å². The van der Waals surface area contributed by atoms with Crippen molar-refractivity contribution in [2.45, 2.75) is 32.1 Å². The lowest BCUT2D eigenvalue weighted by Gasteiger charge is -2.36. The van der Waals surface area contributed by atoms with E-state index in [-0.39, 0.29) is 0 Å². The third-order valence-corrected chi connectivity index (χ3v) is 4.80. The van der Waals surface area contributed by atoms with Crippen molar-refractivity contribution in [3.8, 4) is 0 Å². The first-order chi connectivity index (χ1) is 9.20. The summed E-state index contributed by atoms with van der Waals surface area (Å²) >= 11 is 0. The largest absolute Gasteiger partial charge is 0.342 e. The average molecular weight is 267 g/mol. The van der Waals surface area contributed by atoms with Crippen LogP contribution in [0.3, 0.4) is 0 Å². The summed E-state index contributed by atoms with van der Waals surface area (Å²) in [5.74, 6) is 1.54. The normalized spacial score (nSPS) is 23.8. The molecule has 4 heteroatoms. The summed E-state index contributed by atoms with van der Waals surface area (Å²) in [4.78, 5) is 16.9. The van der Waals surface area contributed by atoms with Crippen molar-refractivity contribution in [2.24, 2.45) is 11.8 Å². The maximum absolute atomic E-state index is 12.5. The molecule has 2 saturated heterocycles. The van der Waals surface area contributed by atoms with Crippen molar-refractivity contribution >= 4 is 5.91 Å². The molecule has 0 aromatic heterocycles. The average Bonchev–Trinajstić information content (AvgIpc) is 2.46. The molecule has 1 amide bonds. The molecule has 0 atom stereocenters. The van der Waals surface area contributed by atoms with Gasteiger partial charge in [-0.1, -0.05) is 0 Å². The molecule has 2 aliphatic heterocycles. The maximum atomic E-state index is 12.5. The number of nitrogens with one attached hydrogen (secondary N) is 1. The highest BCUT2D eigenvalue weighted by molar-refractivity contribution is 5.79. The van der Waals surface area contributed by atoms with Gasteiger partial charge in [0.15, 0.2) is 0 Å². The third-order valence-electron chi connectivity index (χ3n) is 4.80. The highest BCUT2D eigenvalue weighted by Gasteiger charge is 2.29. The number of carbonyl (C=O) groups excluding carboxylic acids is 1. The molecule has 0 radical (unpaired) electrons. The van der Waals surface area contributed by atoms with E-state index in [2.05, 4.69) is 22.2 Å². The molecular weight excluding hydrogens is 238 g/mol. The van der Waals surface area contributed by atoms with Gasteiger partial charge in [-0.3, -0.25) is 4.79 Å². The van der Waals surface area contributed by atoms with Crippen LogP contribution < -0.4 is 5.32 Å². The molecule has 0 saturated carbocycles. The van der Waals surface area contributed by atoms with Gasteiger partial charge >= 0.3 is 0 Å². The van der Waals surface area contributed by atoms with Crippen LogP contribution in [0, 0.1) is 11.8 Å². The molecule has 0 aromatic rings. The molecule has 19 heavy (non-hydrogen) atoms. The monoisotopic (exact) mass is 267 g/mol. The summed E-state index contributed by atoms with van der Waals surface area (Å²) in [5.41, 5.74) is 0. The van der Waals surface area contributed by atoms with Crippen molar-refractivity contribution in [1.29, 1.82) is 0 Å². The molecule has 1 N–H and O–H groups in total. The number of hydrogen-bond acceptors (Lipinski definition) is 3. The van der Waals surface area contributed by atoms with Crippen molar-refractivity contribution in [1.82, 2.24) is 15.1 Å². The summed E-state index contributed by atoms with van der Waals surface area (Å²) in [5, 5.41) is 3.22. The number of rotatable bonds is 4. The Balaban J connectivity index is 1.73. The van der Waals surface area contributed by atoms with E-state index in [0.29, 0.717) is 11.8 Å². The molecule has 0 bridgehead atoms. The number of carbonyl (C=O) groups is 1. The SMILES string of the molecule is CNCCC1CCN(C(=O)C2CCN(C)CC2)CC1. The van der Waals surface area contributed by atoms with Gasteiger partial charge in [0.05, 0.1) is 0 Å². The second-order valence-electron chi connectivity index (χ2n) is 6.24. The smallest absolute Gasteiger partial charge is 0.225 e. The Morgan fingerprint density at radius 3 is 2.32 bits per heavy atom. The van der Waals surface area contributed by atoms with E-state index in [1.54, 1.807) is 0 Å². The van der Waals surface area contributed by atoms with Crippen LogP contribution >= 0.6 is 0 Å². The van der Waals surface area contributed by atoms with Crippen LogP contribution in [0.5, 0.6) is 0 Å². The number of amides is 1. The van der Waals surface area contributed by atoms with Crippen molar-refractivity contribution in [2.75, 3.05) is 46.8 Å². The molecular formula is C15H29N3O. The number of likely N-dealkylation sites (tertiary alicyclic amines) is 2. The molecule has 4 nitrogen and oxygen atoms in total. The first-order valence-corrected chi connectivity index (χ1v) is 7.82. The minimum absolute atomic E-state index is 0.296. The first kappa shape index (κ1) is 14.8. The molecule has 0 spiro atoms. The molecule has 110 valence electrons. The lowest BCUT2D eigenvalue weighted by Crippen LogP contribution is -2.45. The van der Waals surface area contributed by atoms with E-state index in [4.69, 9.17) is 0 Å². The van der Waals surface area contributed by atoms with Crippen LogP contribution in [0.15, 0.2) is 0 Å². The van der Waals surface area contributed by atoms with E-state index < -0.39 is 0 Å².